The third kappa shape index (κ3) is 6.62. The molecular formula is C26H22Cl2N4O3. The number of para-hydroxylation sites is 1. The highest BCUT2D eigenvalue weighted by Gasteiger charge is 2.23. The van der Waals surface area contributed by atoms with E-state index in [-0.39, 0.29) is 13.0 Å². The minimum absolute atomic E-state index is 0.0846. The van der Waals surface area contributed by atoms with Crippen LogP contribution < -0.4 is 10.7 Å². The smallest absolute Gasteiger partial charge is 0.408 e. The Morgan fingerprint density at radius 1 is 1.03 bits per heavy atom. The van der Waals surface area contributed by atoms with Crippen molar-refractivity contribution in [2.24, 2.45) is 5.10 Å². The number of rotatable bonds is 8. The molecular weight excluding hydrogens is 487 g/mol. The maximum atomic E-state index is 13.0. The van der Waals surface area contributed by atoms with Gasteiger partial charge in [-0.1, -0.05) is 77.8 Å². The number of H-pyrrole nitrogens is 1. The molecule has 4 aromatic rings. The summed E-state index contributed by atoms with van der Waals surface area (Å²) in [5.74, 6) is -0.506. The van der Waals surface area contributed by atoms with Gasteiger partial charge in [-0.15, -0.1) is 0 Å². The topological polar surface area (TPSA) is 95.6 Å². The van der Waals surface area contributed by atoms with E-state index in [9.17, 15) is 9.59 Å². The Kier molecular flexibility index (Phi) is 8.03. The summed E-state index contributed by atoms with van der Waals surface area (Å²) < 4.78 is 5.31. The average molecular weight is 509 g/mol. The van der Waals surface area contributed by atoms with E-state index in [0.29, 0.717) is 15.6 Å². The number of alkyl carbamates (subject to hydrolysis) is 1. The molecule has 3 aromatic carbocycles. The van der Waals surface area contributed by atoms with Gasteiger partial charge in [-0.3, -0.25) is 4.79 Å². The third-order valence-corrected chi connectivity index (χ3v) is 5.82. The zero-order chi connectivity index (χ0) is 24.6. The number of aromatic amines is 1. The Morgan fingerprint density at radius 2 is 1.80 bits per heavy atom. The fourth-order valence-corrected chi connectivity index (χ4v) is 3.94. The molecule has 3 N–H and O–H groups in total. The number of hydrogen-bond acceptors (Lipinski definition) is 4. The first kappa shape index (κ1) is 24.3. The van der Waals surface area contributed by atoms with Crippen molar-refractivity contribution in [3.05, 3.63) is 106 Å². The molecule has 9 heteroatoms. The number of fused-ring (bicyclic) bond motifs is 1. The molecule has 0 saturated carbocycles. The highest BCUT2D eigenvalue weighted by Crippen LogP contribution is 2.20. The van der Waals surface area contributed by atoms with E-state index in [2.05, 4.69) is 20.8 Å². The second kappa shape index (κ2) is 11.6. The van der Waals surface area contributed by atoms with Crippen molar-refractivity contribution in [3.63, 3.8) is 0 Å². The molecule has 1 atom stereocenters. The quantitative estimate of drug-likeness (QED) is 0.217. The van der Waals surface area contributed by atoms with Gasteiger partial charge in [-0.05, 0) is 29.3 Å². The van der Waals surface area contributed by atoms with Crippen LogP contribution in [-0.2, 0) is 22.6 Å². The van der Waals surface area contributed by atoms with Crippen molar-refractivity contribution >= 4 is 52.3 Å². The molecule has 178 valence electrons. The number of nitrogens with zero attached hydrogens (tertiary/aromatic N) is 1. The number of carbonyl (C=O) groups is 2. The molecule has 1 aromatic heterocycles. The number of hydrogen-bond donors (Lipinski definition) is 3. The SMILES string of the molecule is O=C(N[C@H](Cc1c[nH]c2ccccc12)C(=O)N/N=C\c1ccc(Cl)cc1Cl)OCc1ccccc1. The molecule has 35 heavy (non-hydrogen) atoms. The maximum absolute atomic E-state index is 13.0. The zero-order valence-corrected chi connectivity index (χ0v) is 20.0. The van der Waals surface area contributed by atoms with Gasteiger partial charge in [0.2, 0.25) is 0 Å². The minimum atomic E-state index is -0.935. The molecule has 0 aliphatic carbocycles. The van der Waals surface area contributed by atoms with Gasteiger partial charge in [0.05, 0.1) is 11.2 Å². The summed E-state index contributed by atoms with van der Waals surface area (Å²) >= 11 is 12.1. The Labute approximate surface area is 212 Å². The molecule has 0 saturated heterocycles. The summed E-state index contributed by atoms with van der Waals surface area (Å²) in [7, 11) is 0. The van der Waals surface area contributed by atoms with Crippen LogP contribution in [0.3, 0.4) is 0 Å². The van der Waals surface area contributed by atoms with Crippen LogP contribution in [0.25, 0.3) is 10.9 Å². The summed E-state index contributed by atoms with van der Waals surface area (Å²) in [6.45, 7) is 0.0846. The molecule has 2 amide bonds. The molecule has 0 spiro atoms. The summed E-state index contributed by atoms with van der Waals surface area (Å²) in [6.07, 6.45) is 2.75. The van der Waals surface area contributed by atoms with Crippen molar-refractivity contribution in [1.82, 2.24) is 15.7 Å². The number of benzene rings is 3. The largest absolute Gasteiger partial charge is 0.445 e. The van der Waals surface area contributed by atoms with Gasteiger partial charge in [-0.2, -0.15) is 5.10 Å². The summed E-state index contributed by atoms with van der Waals surface area (Å²) in [5.41, 5.74) is 5.70. The molecule has 0 fully saturated rings. The monoisotopic (exact) mass is 508 g/mol. The van der Waals surface area contributed by atoms with Crippen molar-refractivity contribution in [1.29, 1.82) is 0 Å². The molecule has 0 radical (unpaired) electrons. The van der Waals surface area contributed by atoms with Gasteiger partial charge in [0, 0.05) is 34.1 Å². The molecule has 1 heterocycles. The number of hydrazone groups is 1. The Balaban J connectivity index is 1.46. The number of carbonyl (C=O) groups excluding carboxylic acids is 2. The van der Waals surface area contributed by atoms with Crippen LogP contribution in [0.2, 0.25) is 10.0 Å². The Bertz CT molecular complexity index is 1360. The average Bonchev–Trinajstić information content (AvgIpc) is 3.27. The van der Waals surface area contributed by atoms with Gasteiger partial charge < -0.3 is 15.0 Å². The highest BCUT2D eigenvalue weighted by atomic mass is 35.5. The normalized spacial score (nSPS) is 11.9. The van der Waals surface area contributed by atoms with Crippen LogP contribution in [0.4, 0.5) is 4.79 Å². The van der Waals surface area contributed by atoms with Crippen LogP contribution in [0, 0.1) is 0 Å². The van der Waals surface area contributed by atoms with Crippen LogP contribution in [0.1, 0.15) is 16.7 Å². The molecule has 7 nitrogen and oxygen atoms in total. The Morgan fingerprint density at radius 3 is 2.60 bits per heavy atom. The first-order valence-corrected chi connectivity index (χ1v) is 11.6. The van der Waals surface area contributed by atoms with E-state index < -0.39 is 18.0 Å². The summed E-state index contributed by atoms with van der Waals surface area (Å²) in [5, 5.41) is 8.50. The molecule has 0 aliphatic heterocycles. The number of amides is 2. The first-order valence-electron chi connectivity index (χ1n) is 10.8. The standard InChI is InChI=1S/C26H22Cl2N4O3/c27-20-11-10-18(22(28)13-20)15-30-32-25(33)24(12-19-14-29-23-9-5-4-8-21(19)23)31-26(34)35-16-17-6-2-1-3-7-17/h1-11,13-15,24,29H,12,16H2,(H,31,34)(H,32,33)/b30-15-/t24-/m1/s1. The number of ether oxygens (including phenoxy) is 1. The van der Waals surface area contributed by atoms with Gasteiger partial charge in [0.15, 0.2) is 0 Å². The van der Waals surface area contributed by atoms with E-state index in [1.54, 1.807) is 18.2 Å². The van der Waals surface area contributed by atoms with E-state index in [4.69, 9.17) is 27.9 Å². The lowest BCUT2D eigenvalue weighted by Gasteiger charge is -2.17. The van der Waals surface area contributed by atoms with Gasteiger partial charge in [0.1, 0.15) is 12.6 Å². The second-order valence-corrected chi connectivity index (χ2v) is 8.57. The minimum Gasteiger partial charge on any atom is -0.445 e. The van der Waals surface area contributed by atoms with E-state index in [1.807, 2.05) is 60.8 Å². The van der Waals surface area contributed by atoms with Crippen LogP contribution in [0.15, 0.2) is 84.1 Å². The van der Waals surface area contributed by atoms with Crippen LogP contribution >= 0.6 is 23.2 Å². The molecule has 0 bridgehead atoms. The van der Waals surface area contributed by atoms with E-state index in [0.717, 1.165) is 22.0 Å². The van der Waals surface area contributed by atoms with Crippen molar-refractivity contribution in [2.45, 2.75) is 19.1 Å². The predicted octanol–water partition coefficient (Wildman–Crippen LogP) is 5.46. The first-order chi connectivity index (χ1) is 17.0. The third-order valence-electron chi connectivity index (χ3n) is 5.26. The fraction of sp³-hybridized carbons (Fsp3) is 0.115. The van der Waals surface area contributed by atoms with Gasteiger partial charge in [0.25, 0.3) is 5.91 Å². The van der Waals surface area contributed by atoms with E-state index >= 15 is 0 Å². The van der Waals surface area contributed by atoms with Crippen LogP contribution in [0.5, 0.6) is 0 Å². The number of aromatic nitrogens is 1. The predicted molar refractivity (Wildman–Crippen MR) is 138 cm³/mol. The lowest BCUT2D eigenvalue weighted by Crippen LogP contribution is -2.47. The van der Waals surface area contributed by atoms with E-state index in [1.165, 1.54) is 6.21 Å². The van der Waals surface area contributed by atoms with Crippen molar-refractivity contribution < 1.29 is 14.3 Å². The lowest BCUT2D eigenvalue weighted by molar-refractivity contribution is -0.123. The summed E-state index contributed by atoms with van der Waals surface area (Å²) in [6, 6.07) is 21.0. The molecule has 0 aliphatic rings. The number of halogens is 2. The van der Waals surface area contributed by atoms with Crippen LogP contribution in [-0.4, -0.2) is 29.2 Å². The number of nitrogens with one attached hydrogen (secondary N) is 3. The van der Waals surface area contributed by atoms with Crippen molar-refractivity contribution in [3.8, 4) is 0 Å². The maximum Gasteiger partial charge on any atom is 0.408 e. The lowest BCUT2D eigenvalue weighted by atomic mass is 10.0. The molecule has 4 rings (SSSR count). The second-order valence-electron chi connectivity index (χ2n) is 7.72. The zero-order valence-electron chi connectivity index (χ0n) is 18.5. The van der Waals surface area contributed by atoms with Gasteiger partial charge in [-0.25, -0.2) is 10.2 Å². The highest BCUT2D eigenvalue weighted by molar-refractivity contribution is 6.36. The Hall–Kier alpha value is -3.81. The molecule has 0 unspecified atom stereocenters. The fourth-order valence-electron chi connectivity index (χ4n) is 3.49. The van der Waals surface area contributed by atoms with Gasteiger partial charge >= 0.3 is 6.09 Å². The van der Waals surface area contributed by atoms with Crippen molar-refractivity contribution in [2.75, 3.05) is 0 Å². The summed E-state index contributed by atoms with van der Waals surface area (Å²) in [4.78, 5) is 28.7.